The third-order valence-electron chi connectivity index (χ3n) is 1.66. The first kappa shape index (κ1) is 12.2. The Kier molecular flexibility index (Phi) is 3.50. The quantitative estimate of drug-likeness (QED) is 0.619. The van der Waals surface area contributed by atoms with Gasteiger partial charge in [-0.05, 0) is 54.9 Å². The normalized spacial score (nSPS) is 13.0. The van der Waals surface area contributed by atoms with E-state index in [0.29, 0.717) is 15.9 Å². The van der Waals surface area contributed by atoms with Gasteiger partial charge in [0, 0.05) is 10.0 Å². The largest absolute Gasteiger partial charge is 0.383 e. The summed E-state index contributed by atoms with van der Waals surface area (Å²) in [4.78, 5) is 4.31. The van der Waals surface area contributed by atoms with Gasteiger partial charge in [-0.15, -0.1) is 0 Å². The molecule has 0 spiro atoms. The molecule has 0 heterocycles. The molecule has 0 aliphatic rings. The minimum Gasteiger partial charge on any atom is -0.383 e. The Morgan fingerprint density at radius 1 is 1.40 bits per heavy atom. The second-order valence-corrected chi connectivity index (χ2v) is 5.15. The Morgan fingerprint density at radius 2 is 2.00 bits per heavy atom. The van der Waals surface area contributed by atoms with E-state index >= 15 is 0 Å². The van der Waals surface area contributed by atoms with Crippen LogP contribution in [-0.4, -0.2) is 11.4 Å². The van der Waals surface area contributed by atoms with Crippen molar-refractivity contribution in [3.8, 4) is 0 Å². The summed E-state index contributed by atoms with van der Waals surface area (Å²) in [5.74, 6) is 0.114. The minimum atomic E-state index is -0.297. The third-order valence-corrected chi connectivity index (χ3v) is 2.32. The van der Waals surface area contributed by atoms with E-state index in [1.54, 1.807) is 6.07 Å². The molecule has 0 aliphatic heterocycles. The van der Waals surface area contributed by atoms with Crippen molar-refractivity contribution in [2.24, 2.45) is 10.7 Å². The van der Waals surface area contributed by atoms with Gasteiger partial charge < -0.3 is 5.73 Å². The summed E-state index contributed by atoms with van der Waals surface area (Å²) in [6.07, 6.45) is 0. The number of hydrogen-bond acceptors (Lipinski definition) is 1. The van der Waals surface area contributed by atoms with E-state index in [4.69, 9.17) is 5.73 Å². The number of nitrogens with two attached hydrogens (primary N) is 1. The van der Waals surface area contributed by atoms with Crippen molar-refractivity contribution in [3.05, 3.63) is 34.1 Å². The lowest BCUT2D eigenvalue weighted by Crippen LogP contribution is -2.21. The Bertz CT molecular complexity index is 394. The number of halogens is 2. The van der Waals surface area contributed by atoms with Crippen LogP contribution in [-0.2, 0) is 0 Å². The molecule has 1 aromatic rings. The number of benzene rings is 1. The highest BCUT2D eigenvalue weighted by molar-refractivity contribution is 9.10. The van der Waals surface area contributed by atoms with Crippen LogP contribution >= 0.6 is 15.9 Å². The maximum absolute atomic E-state index is 12.8. The summed E-state index contributed by atoms with van der Waals surface area (Å²) in [5, 5.41) is 0. The zero-order valence-electron chi connectivity index (χ0n) is 9.01. The van der Waals surface area contributed by atoms with E-state index in [2.05, 4.69) is 20.9 Å². The van der Waals surface area contributed by atoms with Gasteiger partial charge in [-0.2, -0.15) is 0 Å². The Balaban J connectivity index is 3.12. The molecule has 1 aromatic carbocycles. The van der Waals surface area contributed by atoms with E-state index in [1.807, 2.05) is 20.8 Å². The molecule has 15 heavy (non-hydrogen) atoms. The highest BCUT2D eigenvalue weighted by atomic mass is 79.9. The summed E-state index contributed by atoms with van der Waals surface area (Å²) < 4.78 is 13.5. The van der Waals surface area contributed by atoms with Gasteiger partial charge in [0.2, 0.25) is 0 Å². The highest BCUT2D eigenvalue weighted by Gasteiger charge is 2.11. The molecular weight excluding hydrogens is 259 g/mol. The Morgan fingerprint density at radius 3 is 2.47 bits per heavy atom. The van der Waals surface area contributed by atoms with Crippen LogP contribution in [0.4, 0.5) is 4.39 Å². The summed E-state index contributed by atoms with van der Waals surface area (Å²) in [7, 11) is 0. The first-order valence-corrected chi connectivity index (χ1v) is 5.39. The molecule has 0 radical (unpaired) electrons. The van der Waals surface area contributed by atoms with Crippen LogP contribution in [0, 0.1) is 5.82 Å². The van der Waals surface area contributed by atoms with Crippen molar-refractivity contribution < 1.29 is 4.39 Å². The summed E-state index contributed by atoms with van der Waals surface area (Å²) in [6, 6.07) is 4.36. The average Bonchev–Trinajstić information content (AvgIpc) is 1.99. The Labute approximate surface area is 97.5 Å². The van der Waals surface area contributed by atoms with Crippen LogP contribution in [0.2, 0.25) is 0 Å². The lowest BCUT2D eigenvalue weighted by atomic mass is 10.1. The molecular formula is C11H14BrFN2. The number of amidine groups is 1. The smallest absolute Gasteiger partial charge is 0.127 e. The van der Waals surface area contributed by atoms with Gasteiger partial charge in [-0.3, -0.25) is 4.99 Å². The molecule has 82 valence electrons. The van der Waals surface area contributed by atoms with Gasteiger partial charge in [-0.1, -0.05) is 0 Å². The van der Waals surface area contributed by atoms with E-state index in [0.717, 1.165) is 0 Å². The molecule has 0 amide bonds. The molecule has 0 fully saturated rings. The van der Waals surface area contributed by atoms with Crippen LogP contribution in [0.5, 0.6) is 0 Å². The van der Waals surface area contributed by atoms with E-state index < -0.39 is 0 Å². The standard InChI is InChI=1S/C11H14BrFN2/c1-11(2,3)15-10(14)8-5-4-7(13)6-9(8)12/h4-6H,1-3H3,(H2,14,15). The second-order valence-electron chi connectivity index (χ2n) is 4.29. The predicted molar refractivity (Wildman–Crippen MR) is 64.6 cm³/mol. The molecule has 0 saturated heterocycles. The van der Waals surface area contributed by atoms with Gasteiger partial charge in [-0.25, -0.2) is 4.39 Å². The first-order valence-electron chi connectivity index (χ1n) is 4.60. The van der Waals surface area contributed by atoms with E-state index in [-0.39, 0.29) is 11.4 Å². The maximum atomic E-state index is 12.8. The van der Waals surface area contributed by atoms with Crippen LogP contribution in [0.25, 0.3) is 0 Å². The zero-order chi connectivity index (χ0) is 11.6. The molecule has 2 nitrogen and oxygen atoms in total. The molecule has 2 N–H and O–H groups in total. The fourth-order valence-electron chi connectivity index (χ4n) is 1.12. The summed E-state index contributed by atoms with van der Waals surface area (Å²) in [6.45, 7) is 5.87. The highest BCUT2D eigenvalue weighted by Crippen LogP contribution is 2.19. The van der Waals surface area contributed by atoms with Crippen molar-refractivity contribution in [1.29, 1.82) is 0 Å². The molecule has 1 rings (SSSR count). The molecule has 0 aliphatic carbocycles. The van der Waals surface area contributed by atoms with Crippen molar-refractivity contribution in [2.45, 2.75) is 26.3 Å². The van der Waals surface area contributed by atoms with Gasteiger partial charge in [0.15, 0.2) is 0 Å². The molecule has 0 bridgehead atoms. The lowest BCUT2D eigenvalue weighted by Gasteiger charge is -2.14. The van der Waals surface area contributed by atoms with Crippen LogP contribution in [0.15, 0.2) is 27.7 Å². The summed E-state index contributed by atoms with van der Waals surface area (Å²) in [5.41, 5.74) is 6.31. The fraction of sp³-hybridized carbons (Fsp3) is 0.364. The molecule has 0 aromatic heterocycles. The topological polar surface area (TPSA) is 38.4 Å². The van der Waals surface area contributed by atoms with Crippen LogP contribution in [0.3, 0.4) is 0 Å². The summed E-state index contributed by atoms with van der Waals surface area (Å²) >= 11 is 3.25. The Hall–Kier alpha value is -0.900. The number of rotatable bonds is 1. The molecule has 0 saturated carbocycles. The fourth-order valence-corrected chi connectivity index (χ4v) is 1.67. The first-order chi connectivity index (χ1) is 6.79. The van der Waals surface area contributed by atoms with Crippen molar-refractivity contribution >= 4 is 21.8 Å². The number of hydrogen-bond donors (Lipinski definition) is 1. The van der Waals surface area contributed by atoms with Crippen molar-refractivity contribution in [1.82, 2.24) is 0 Å². The van der Waals surface area contributed by atoms with E-state index in [9.17, 15) is 4.39 Å². The van der Waals surface area contributed by atoms with E-state index in [1.165, 1.54) is 12.1 Å². The average molecular weight is 273 g/mol. The van der Waals surface area contributed by atoms with Crippen molar-refractivity contribution in [3.63, 3.8) is 0 Å². The third kappa shape index (κ3) is 3.63. The molecule has 0 unspecified atom stereocenters. The number of nitrogens with zero attached hydrogens (tertiary/aromatic N) is 1. The van der Waals surface area contributed by atoms with Crippen molar-refractivity contribution in [2.75, 3.05) is 0 Å². The van der Waals surface area contributed by atoms with Crippen LogP contribution in [0.1, 0.15) is 26.3 Å². The second kappa shape index (κ2) is 4.31. The van der Waals surface area contributed by atoms with Gasteiger partial charge in [0.1, 0.15) is 11.7 Å². The number of aliphatic imine (C=N–C) groups is 1. The SMILES string of the molecule is CC(C)(C)N=C(N)c1ccc(F)cc1Br. The van der Waals surface area contributed by atoms with Gasteiger partial charge in [0.05, 0.1) is 5.54 Å². The van der Waals surface area contributed by atoms with Gasteiger partial charge in [0.25, 0.3) is 0 Å². The molecule has 4 heteroatoms. The zero-order valence-corrected chi connectivity index (χ0v) is 10.6. The monoisotopic (exact) mass is 272 g/mol. The van der Waals surface area contributed by atoms with Crippen LogP contribution < -0.4 is 5.73 Å². The molecule has 0 atom stereocenters. The van der Waals surface area contributed by atoms with Gasteiger partial charge >= 0.3 is 0 Å². The maximum Gasteiger partial charge on any atom is 0.127 e. The lowest BCUT2D eigenvalue weighted by molar-refractivity contribution is 0.583. The predicted octanol–water partition coefficient (Wildman–Crippen LogP) is 3.09. The minimum absolute atomic E-state index is 0.238.